The number of carbonyl (C=O) groups excluding carboxylic acids is 1. The minimum atomic E-state index is 0.0131. The molecule has 0 aliphatic rings. The minimum absolute atomic E-state index is 0.0131. The van der Waals surface area contributed by atoms with E-state index in [1.54, 1.807) is 22.6 Å². The number of aromatic nitrogens is 4. The molecule has 0 aliphatic heterocycles. The summed E-state index contributed by atoms with van der Waals surface area (Å²) in [4.78, 5) is 19.8. The van der Waals surface area contributed by atoms with Crippen LogP contribution in [0.5, 0.6) is 0 Å². The fourth-order valence-electron chi connectivity index (χ4n) is 2.26. The van der Waals surface area contributed by atoms with Crippen molar-refractivity contribution in [1.82, 2.24) is 25.1 Å². The predicted molar refractivity (Wildman–Crippen MR) is 92.0 cm³/mol. The zero-order valence-corrected chi connectivity index (χ0v) is 13.9. The summed E-state index contributed by atoms with van der Waals surface area (Å²) < 4.78 is 1.75. The van der Waals surface area contributed by atoms with Gasteiger partial charge < -0.3 is 10.3 Å². The average Bonchev–Trinajstić information content (AvgIpc) is 3.16. The van der Waals surface area contributed by atoms with Gasteiger partial charge >= 0.3 is 0 Å². The highest BCUT2D eigenvalue weighted by atomic mass is 32.2. The lowest BCUT2D eigenvalue weighted by Crippen LogP contribution is -2.26. The fraction of sp³-hybridized carbons (Fsp3) is 0.312. The van der Waals surface area contributed by atoms with Crippen molar-refractivity contribution in [2.24, 2.45) is 7.05 Å². The molecule has 0 radical (unpaired) electrons. The van der Waals surface area contributed by atoms with E-state index in [9.17, 15) is 4.79 Å². The molecule has 2 heterocycles. The molecule has 7 heteroatoms. The van der Waals surface area contributed by atoms with E-state index in [1.807, 2.05) is 37.4 Å². The van der Waals surface area contributed by atoms with E-state index in [0.29, 0.717) is 12.3 Å². The highest BCUT2D eigenvalue weighted by Gasteiger charge is 2.13. The zero-order valence-electron chi connectivity index (χ0n) is 13.1. The second-order valence-electron chi connectivity index (χ2n) is 5.32. The van der Waals surface area contributed by atoms with E-state index in [4.69, 9.17) is 0 Å². The van der Waals surface area contributed by atoms with Crippen LogP contribution in [0.3, 0.4) is 0 Å². The van der Waals surface area contributed by atoms with E-state index >= 15 is 0 Å². The Kier molecular flexibility index (Phi) is 4.66. The van der Waals surface area contributed by atoms with Crippen LogP contribution in [-0.2, 0) is 18.4 Å². The van der Waals surface area contributed by atoms with Gasteiger partial charge in [-0.25, -0.2) is 4.98 Å². The Morgan fingerprint density at radius 3 is 2.96 bits per heavy atom. The van der Waals surface area contributed by atoms with Crippen molar-refractivity contribution in [1.29, 1.82) is 0 Å². The molecule has 0 aliphatic carbocycles. The maximum absolute atomic E-state index is 12.0. The number of amides is 1. The van der Waals surface area contributed by atoms with Crippen molar-refractivity contribution in [3.05, 3.63) is 48.0 Å². The summed E-state index contributed by atoms with van der Waals surface area (Å²) in [6.45, 7) is 2.55. The Bertz CT molecular complexity index is 777. The van der Waals surface area contributed by atoms with Crippen LogP contribution < -0.4 is 5.32 Å². The molecule has 0 fully saturated rings. The molecule has 3 aromatic rings. The molecule has 0 saturated carbocycles. The lowest BCUT2D eigenvalue weighted by atomic mass is 10.3. The molecule has 6 nitrogen and oxygen atoms in total. The summed E-state index contributed by atoms with van der Waals surface area (Å²) >= 11 is 1.57. The molecule has 3 rings (SSSR count). The number of thioether (sulfide) groups is 1. The second-order valence-corrected chi connectivity index (χ2v) is 6.64. The number of hydrogen-bond acceptors (Lipinski definition) is 4. The van der Waals surface area contributed by atoms with E-state index < -0.39 is 0 Å². The number of H-pyrrole nitrogens is 1. The molecular formula is C16H19N5OS. The van der Waals surface area contributed by atoms with Gasteiger partial charge in [0.2, 0.25) is 5.91 Å². The Morgan fingerprint density at radius 2 is 2.22 bits per heavy atom. The number of nitrogens with one attached hydrogen (secondary N) is 2. The quantitative estimate of drug-likeness (QED) is 0.728. The van der Waals surface area contributed by atoms with Gasteiger partial charge in [0, 0.05) is 13.2 Å². The molecule has 2 N–H and O–H groups in total. The van der Waals surface area contributed by atoms with Crippen molar-refractivity contribution in [3.63, 3.8) is 0 Å². The number of carbonyl (C=O) groups is 1. The van der Waals surface area contributed by atoms with Gasteiger partial charge in [-0.2, -0.15) is 5.10 Å². The first-order chi connectivity index (χ1) is 11.1. The highest BCUT2D eigenvalue weighted by Crippen LogP contribution is 2.27. The maximum atomic E-state index is 12.0. The molecular weight excluding hydrogens is 310 g/mol. The third-order valence-electron chi connectivity index (χ3n) is 3.65. The third kappa shape index (κ3) is 3.73. The lowest BCUT2D eigenvalue weighted by molar-refractivity contribution is -0.118. The topological polar surface area (TPSA) is 75.6 Å². The molecule has 0 saturated heterocycles. The molecule has 23 heavy (non-hydrogen) atoms. The number of aryl methyl sites for hydroxylation is 1. The van der Waals surface area contributed by atoms with Crippen molar-refractivity contribution < 1.29 is 4.79 Å². The summed E-state index contributed by atoms with van der Waals surface area (Å²) in [5.41, 5.74) is 2.96. The number of para-hydroxylation sites is 2. The minimum Gasteiger partial charge on any atom is -0.350 e. The fourth-order valence-corrected chi connectivity index (χ4v) is 3.03. The number of nitrogens with zero attached hydrogens (tertiary/aromatic N) is 3. The molecule has 1 unspecified atom stereocenters. The first kappa shape index (κ1) is 15.6. The van der Waals surface area contributed by atoms with Gasteiger partial charge in [0.25, 0.3) is 0 Å². The van der Waals surface area contributed by atoms with Crippen molar-refractivity contribution in [3.8, 4) is 0 Å². The van der Waals surface area contributed by atoms with Gasteiger partial charge in [0.05, 0.1) is 34.3 Å². The second kappa shape index (κ2) is 6.87. The van der Waals surface area contributed by atoms with E-state index in [1.165, 1.54) is 0 Å². The summed E-state index contributed by atoms with van der Waals surface area (Å²) in [7, 11) is 1.86. The first-order valence-corrected chi connectivity index (χ1v) is 8.48. The largest absolute Gasteiger partial charge is 0.350 e. The third-order valence-corrected chi connectivity index (χ3v) is 4.80. The van der Waals surface area contributed by atoms with Crippen LogP contribution in [0.15, 0.2) is 36.5 Å². The number of rotatable bonds is 6. The van der Waals surface area contributed by atoms with E-state index in [2.05, 4.69) is 27.3 Å². The number of imidazole rings is 1. The van der Waals surface area contributed by atoms with Crippen molar-refractivity contribution in [2.45, 2.75) is 18.7 Å². The summed E-state index contributed by atoms with van der Waals surface area (Å²) in [6.07, 6.45) is 1.72. The summed E-state index contributed by atoms with van der Waals surface area (Å²) in [5, 5.41) is 7.11. The van der Waals surface area contributed by atoms with Crippen LogP contribution in [-0.4, -0.2) is 31.4 Å². The summed E-state index contributed by atoms with van der Waals surface area (Å²) in [6, 6.07) is 9.83. The monoisotopic (exact) mass is 329 g/mol. The summed E-state index contributed by atoms with van der Waals surface area (Å²) in [5.74, 6) is 1.31. The van der Waals surface area contributed by atoms with Gasteiger partial charge in [-0.3, -0.25) is 9.48 Å². The lowest BCUT2D eigenvalue weighted by Gasteiger charge is -2.09. The molecule has 1 amide bonds. The van der Waals surface area contributed by atoms with Crippen LogP contribution in [0.2, 0.25) is 0 Å². The van der Waals surface area contributed by atoms with E-state index in [0.717, 1.165) is 22.6 Å². The standard InChI is InChI=1S/C16H19N5OS/c1-11(16-19-13-5-3-4-6-14(13)20-16)23-10-15(22)17-9-12-7-8-18-21(12)2/h3-8,11H,9-10H2,1-2H3,(H,17,22)(H,19,20). The average molecular weight is 329 g/mol. The van der Waals surface area contributed by atoms with Gasteiger partial charge in [0.1, 0.15) is 5.82 Å². The van der Waals surface area contributed by atoms with E-state index in [-0.39, 0.29) is 11.2 Å². The van der Waals surface area contributed by atoms with Gasteiger partial charge in [0.15, 0.2) is 0 Å². The van der Waals surface area contributed by atoms with Crippen LogP contribution in [0, 0.1) is 0 Å². The molecule has 2 aromatic heterocycles. The Hall–Kier alpha value is -2.28. The molecule has 120 valence electrons. The van der Waals surface area contributed by atoms with Crippen molar-refractivity contribution in [2.75, 3.05) is 5.75 Å². The molecule has 1 aromatic carbocycles. The Balaban J connectivity index is 1.51. The number of hydrogen-bond donors (Lipinski definition) is 2. The number of benzene rings is 1. The molecule has 0 spiro atoms. The maximum Gasteiger partial charge on any atom is 0.230 e. The normalized spacial score (nSPS) is 12.4. The Labute approximate surface area is 138 Å². The molecule has 0 bridgehead atoms. The predicted octanol–water partition coefficient (Wildman–Crippen LogP) is 2.41. The smallest absolute Gasteiger partial charge is 0.230 e. The van der Waals surface area contributed by atoms with Crippen LogP contribution in [0.25, 0.3) is 11.0 Å². The van der Waals surface area contributed by atoms with Crippen LogP contribution in [0.1, 0.15) is 23.7 Å². The van der Waals surface area contributed by atoms with Crippen molar-refractivity contribution >= 4 is 28.7 Å². The van der Waals surface area contributed by atoms with Crippen LogP contribution in [0.4, 0.5) is 0 Å². The zero-order chi connectivity index (χ0) is 16.2. The number of aromatic amines is 1. The first-order valence-electron chi connectivity index (χ1n) is 7.43. The van der Waals surface area contributed by atoms with Gasteiger partial charge in [-0.15, -0.1) is 11.8 Å². The van der Waals surface area contributed by atoms with Gasteiger partial charge in [-0.1, -0.05) is 12.1 Å². The molecule has 1 atom stereocenters. The number of fused-ring (bicyclic) bond motifs is 1. The van der Waals surface area contributed by atoms with Crippen LogP contribution >= 0.6 is 11.8 Å². The Morgan fingerprint density at radius 1 is 1.39 bits per heavy atom. The van der Waals surface area contributed by atoms with Gasteiger partial charge in [-0.05, 0) is 25.1 Å². The SMILES string of the molecule is CC(SCC(=O)NCc1ccnn1C)c1nc2ccccc2[nH]1. The highest BCUT2D eigenvalue weighted by molar-refractivity contribution is 8.00.